The van der Waals surface area contributed by atoms with Crippen molar-refractivity contribution in [1.82, 2.24) is 5.32 Å². The number of carbonyl (C=O) groups excluding carboxylic acids is 1. The van der Waals surface area contributed by atoms with Gasteiger partial charge >= 0.3 is 0 Å². The highest BCUT2D eigenvalue weighted by Crippen LogP contribution is 2.69. The fourth-order valence-corrected chi connectivity index (χ4v) is 6.51. The summed E-state index contributed by atoms with van der Waals surface area (Å²) in [7, 11) is 0. The Morgan fingerprint density at radius 2 is 1.81 bits per heavy atom. The molecule has 4 rings (SSSR count). The van der Waals surface area contributed by atoms with Gasteiger partial charge in [0.05, 0.1) is 18.6 Å². The van der Waals surface area contributed by atoms with Crippen LogP contribution in [0.4, 0.5) is 0 Å². The minimum absolute atomic E-state index is 0.0850. The molecule has 21 heavy (non-hydrogen) atoms. The molecule has 2 atom stereocenters. The van der Waals surface area contributed by atoms with Gasteiger partial charge in [-0.15, -0.1) is 0 Å². The van der Waals surface area contributed by atoms with Crippen molar-refractivity contribution in [1.29, 1.82) is 0 Å². The van der Waals surface area contributed by atoms with Gasteiger partial charge in [0.1, 0.15) is 0 Å². The molecule has 0 radical (unpaired) electrons. The maximum Gasteiger partial charge on any atom is 0.226 e. The van der Waals surface area contributed by atoms with Crippen LogP contribution in [0.5, 0.6) is 0 Å². The van der Waals surface area contributed by atoms with Crippen LogP contribution in [0.2, 0.25) is 0 Å². The van der Waals surface area contributed by atoms with E-state index in [0.29, 0.717) is 36.5 Å². The van der Waals surface area contributed by atoms with Gasteiger partial charge in [0.15, 0.2) is 0 Å². The first-order valence-corrected chi connectivity index (χ1v) is 9.43. The topological polar surface area (TPSA) is 38.3 Å². The highest BCUT2D eigenvalue weighted by atomic mass is 79.9. The van der Waals surface area contributed by atoms with E-state index in [9.17, 15) is 4.79 Å². The van der Waals surface area contributed by atoms with Gasteiger partial charge in [-0.05, 0) is 55.3 Å². The second-order valence-corrected chi connectivity index (χ2v) is 9.26. The van der Waals surface area contributed by atoms with Crippen molar-refractivity contribution in [2.45, 2.75) is 52.4 Å². The smallest absolute Gasteiger partial charge is 0.226 e. The number of ether oxygens (including phenoxy) is 1. The largest absolute Gasteiger partial charge is 0.379 e. The van der Waals surface area contributed by atoms with E-state index in [2.05, 4.69) is 35.1 Å². The Kier molecular flexibility index (Phi) is 4.15. The average Bonchev–Trinajstić information content (AvgIpc) is 2.33. The number of hydrogen-bond donors (Lipinski definition) is 1. The van der Waals surface area contributed by atoms with Crippen LogP contribution >= 0.6 is 15.9 Å². The number of nitrogens with one attached hydrogen (secondary N) is 1. The molecule has 0 heterocycles. The van der Waals surface area contributed by atoms with Gasteiger partial charge in [0.2, 0.25) is 5.91 Å². The van der Waals surface area contributed by atoms with Gasteiger partial charge < -0.3 is 10.1 Å². The molecule has 0 saturated heterocycles. The second-order valence-electron chi connectivity index (χ2n) is 8.47. The van der Waals surface area contributed by atoms with Crippen molar-refractivity contribution in [3.8, 4) is 0 Å². The van der Waals surface area contributed by atoms with Crippen LogP contribution in [0, 0.1) is 22.2 Å². The molecule has 0 aliphatic heterocycles. The van der Waals surface area contributed by atoms with E-state index in [1.54, 1.807) is 0 Å². The highest BCUT2D eigenvalue weighted by molar-refractivity contribution is 9.09. The molecule has 120 valence electrons. The van der Waals surface area contributed by atoms with E-state index in [0.717, 1.165) is 30.5 Å². The number of alkyl halides is 1. The molecule has 0 spiro atoms. The second kappa shape index (κ2) is 5.52. The summed E-state index contributed by atoms with van der Waals surface area (Å²) in [6.07, 6.45) is 7.31. The van der Waals surface area contributed by atoms with Gasteiger partial charge in [0, 0.05) is 11.9 Å². The third kappa shape index (κ3) is 3.03. The Morgan fingerprint density at radius 3 is 2.38 bits per heavy atom. The van der Waals surface area contributed by atoms with Gasteiger partial charge in [-0.2, -0.15) is 0 Å². The van der Waals surface area contributed by atoms with Crippen molar-refractivity contribution in [2.75, 3.05) is 25.1 Å². The molecule has 0 aromatic heterocycles. The van der Waals surface area contributed by atoms with Crippen molar-refractivity contribution in [3.05, 3.63) is 0 Å². The molecule has 0 aromatic rings. The summed E-state index contributed by atoms with van der Waals surface area (Å²) < 4.78 is 5.43. The molecular formula is C17H28BrNO2. The molecule has 4 bridgehead atoms. The Labute approximate surface area is 136 Å². The molecule has 1 N–H and O–H groups in total. The predicted molar refractivity (Wildman–Crippen MR) is 87.5 cm³/mol. The zero-order chi connectivity index (χ0) is 15.1. The summed E-state index contributed by atoms with van der Waals surface area (Å²) >= 11 is 3.34. The fraction of sp³-hybridized carbons (Fsp3) is 0.941. The Hall–Kier alpha value is -0.0900. The molecule has 2 unspecified atom stereocenters. The predicted octanol–water partition coefficient (Wildman–Crippen LogP) is 3.51. The lowest BCUT2D eigenvalue weighted by Gasteiger charge is -2.64. The van der Waals surface area contributed by atoms with Crippen molar-refractivity contribution in [3.63, 3.8) is 0 Å². The Bertz CT molecular complexity index is 407. The number of rotatable bonds is 6. The third-order valence-corrected chi connectivity index (χ3v) is 6.19. The van der Waals surface area contributed by atoms with Crippen LogP contribution in [0.25, 0.3) is 0 Å². The van der Waals surface area contributed by atoms with Crippen LogP contribution in [-0.2, 0) is 9.53 Å². The van der Waals surface area contributed by atoms with Crippen LogP contribution < -0.4 is 5.32 Å². The summed E-state index contributed by atoms with van der Waals surface area (Å²) in [4.78, 5) is 12.8. The van der Waals surface area contributed by atoms with Crippen LogP contribution in [0.3, 0.4) is 0 Å². The van der Waals surface area contributed by atoms with Crippen LogP contribution in [0.15, 0.2) is 0 Å². The van der Waals surface area contributed by atoms with E-state index in [-0.39, 0.29) is 5.41 Å². The van der Waals surface area contributed by atoms with Gasteiger partial charge in [-0.1, -0.05) is 29.8 Å². The maximum absolute atomic E-state index is 12.8. The Balaban J connectivity index is 1.63. The van der Waals surface area contributed by atoms with Gasteiger partial charge in [-0.25, -0.2) is 0 Å². The first kappa shape index (κ1) is 15.8. The first-order valence-electron chi connectivity index (χ1n) is 8.31. The zero-order valence-corrected chi connectivity index (χ0v) is 14.9. The summed E-state index contributed by atoms with van der Waals surface area (Å²) in [5.74, 6) is 1.07. The van der Waals surface area contributed by atoms with Gasteiger partial charge in [0.25, 0.3) is 0 Å². The lowest BCUT2D eigenvalue weighted by Crippen LogP contribution is -2.60. The molecule has 4 saturated carbocycles. The summed E-state index contributed by atoms with van der Waals surface area (Å²) in [6, 6.07) is 0. The quantitative estimate of drug-likeness (QED) is 0.583. The van der Waals surface area contributed by atoms with Crippen molar-refractivity contribution < 1.29 is 9.53 Å². The third-order valence-electron chi connectivity index (χ3n) is 5.86. The Morgan fingerprint density at radius 1 is 1.14 bits per heavy atom. The van der Waals surface area contributed by atoms with Crippen molar-refractivity contribution >= 4 is 21.8 Å². The van der Waals surface area contributed by atoms with E-state index in [1.165, 1.54) is 19.3 Å². The number of amides is 1. The molecule has 3 nitrogen and oxygen atoms in total. The lowest BCUT2D eigenvalue weighted by molar-refractivity contribution is -0.170. The average molecular weight is 358 g/mol. The SMILES string of the molecule is CC12CC3CC(C)(C1)CC(C(=O)NCCOCCBr)(C3)C2. The molecule has 4 aliphatic carbocycles. The minimum atomic E-state index is -0.0850. The summed E-state index contributed by atoms with van der Waals surface area (Å²) in [6.45, 7) is 6.80. The van der Waals surface area contributed by atoms with Crippen molar-refractivity contribution in [2.24, 2.45) is 22.2 Å². The number of carbonyl (C=O) groups is 1. The van der Waals surface area contributed by atoms with Gasteiger partial charge in [-0.3, -0.25) is 4.79 Å². The molecule has 4 heteroatoms. The maximum atomic E-state index is 12.8. The van der Waals surface area contributed by atoms with Crippen LogP contribution in [-0.4, -0.2) is 31.0 Å². The molecule has 1 amide bonds. The standard InChI is InChI=1S/C17H28BrNO2/c1-15-7-13-8-16(2,10-15)12-17(9-13,11-15)14(20)19-4-6-21-5-3-18/h13H,3-12H2,1-2H3,(H,19,20). The lowest BCUT2D eigenvalue weighted by atomic mass is 9.40. The number of halogens is 1. The zero-order valence-electron chi connectivity index (χ0n) is 13.3. The molecular weight excluding hydrogens is 330 g/mol. The normalized spacial score (nSPS) is 44.0. The first-order chi connectivity index (χ1) is 9.89. The van der Waals surface area contributed by atoms with E-state index < -0.39 is 0 Å². The van der Waals surface area contributed by atoms with E-state index in [1.807, 2.05) is 0 Å². The number of hydrogen-bond acceptors (Lipinski definition) is 2. The van der Waals surface area contributed by atoms with E-state index in [4.69, 9.17) is 4.74 Å². The molecule has 4 fully saturated rings. The molecule has 4 aliphatic rings. The fourth-order valence-electron chi connectivity index (χ4n) is 6.28. The monoisotopic (exact) mass is 357 g/mol. The minimum Gasteiger partial charge on any atom is -0.379 e. The van der Waals surface area contributed by atoms with Crippen LogP contribution in [0.1, 0.15) is 52.4 Å². The summed E-state index contributed by atoms with van der Waals surface area (Å²) in [5.41, 5.74) is 0.717. The summed E-state index contributed by atoms with van der Waals surface area (Å²) in [5, 5.41) is 4.00. The van der Waals surface area contributed by atoms with E-state index >= 15 is 0 Å². The molecule has 0 aromatic carbocycles. The highest BCUT2D eigenvalue weighted by Gasteiger charge is 2.62.